The molecule has 1 aliphatic rings. The van der Waals surface area contributed by atoms with Crippen molar-refractivity contribution in [2.75, 3.05) is 19.8 Å². The third kappa shape index (κ3) is 6.76. The Labute approximate surface area is 120 Å². The van der Waals surface area contributed by atoms with Crippen LogP contribution in [0.1, 0.15) is 66.7 Å². The third-order valence-electron chi connectivity index (χ3n) is 4.20. The van der Waals surface area contributed by atoms with E-state index in [2.05, 4.69) is 39.9 Å². The second-order valence-electron chi connectivity index (χ2n) is 7.64. The van der Waals surface area contributed by atoms with Gasteiger partial charge in [-0.1, -0.05) is 47.5 Å². The zero-order valence-corrected chi connectivity index (χ0v) is 13.8. The second kappa shape index (κ2) is 8.26. The summed E-state index contributed by atoms with van der Waals surface area (Å²) in [4.78, 5) is 0. The van der Waals surface area contributed by atoms with Crippen LogP contribution in [-0.4, -0.2) is 25.8 Å². The highest BCUT2D eigenvalue weighted by molar-refractivity contribution is 4.88. The summed E-state index contributed by atoms with van der Waals surface area (Å²) in [5.41, 5.74) is 0.437. The number of ether oxygens (including phenoxy) is 1. The van der Waals surface area contributed by atoms with E-state index in [-0.39, 0.29) is 0 Å². The first-order chi connectivity index (χ1) is 8.91. The Morgan fingerprint density at radius 1 is 1.16 bits per heavy atom. The normalized spacial score (nSPS) is 24.9. The summed E-state index contributed by atoms with van der Waals surface area (Å²) in [6, 6.07) is 0.721. The van der Waals surface area contributed by atoms with Gasteiger partial charge in [0.05, 0.1) is 0 Å². The first-order valence-corrected chi connectivity index (χ1v) is 8.22. The molecular formula is C17H35NO. The fourth-order valence-corrected chi connectivity index (χ4v) is 3.19. The maximum absolute atomic E-state index is 5.64. The first-order valence-electron chi connectivity index (χ1n) is 8.22. The molecule has 0 spiro atoms. The van der Waals surface area contributed by atoms with Gasteiger partial charge >= 0.3 is 0 Å². The highest BCUT2D eigenvalue weighted by Gasteiger charge is 2.33. The highest BCUT2D eigenvalue weighted by atomic mass is 16.5. The average Bonchev–Trinajstić information content (AvgIpc) is 2.32. The predicted molar refractivity (Wildman–Crippen MR) is 83.5 cm³/mol. The summed E-state index contributed by atoms with van der Waals surface area (Å²) in [6.45, 7) is 14.5. The molecule has 0 bridgehead atoms. The fourth-order valence-electron chi connectivity index (χ4n) is 3.19. The van der Waals surface area contributed by atoms with Crippen molar-refractivity contribution in [2.24, 2.45) is 17.3 Å². The van der Waals surface area contributed by atoms with Crippen molar-refractivity contribution < 1.29 is 4.74 Å². The van der Waals surface area contributed by atoms with E-state index in [9.17, 15) is 0 Å². The number of hydrogen-bond acceptors (Lipinski definition) is 2. The molecule has 1 N–H and O–H groups in total. The van der Waals surface area contributed by atoms with Crippen LogP contribution in [0.3, 0.4) is 0 Å². The van der Waals surface area contributed by atoms with Gasteiger partial charge in [-0.25, -0.2) is 0 Å². The van der Waals surface area contributed by atoms with Crippen molar-refractivity contribution in [3.05, 3.63) is 0 Å². The van der Waals surface area contributed by atoms with Crippen molar-refractivity contribution >= 4 is 0 Å². The van der Waals surface area contributed by atoms with Crippen LogP contribution < -0.4 is 5.32 Å². The Hall–Kier alpha value is -0.0800. The van der Waals surface area contributed by atoms with E-state index in [0.29, 0.717) is 11.3 Å². The van der Waals surface area contributed by atoms with Crippen LogP contribution in [0.5, 0.6) is 0 Å². The van der Waals surface area contributed by atoms with E-state index < -0.39 is 0 Å². The molecular weight excluding hydrogens is 234 g/mol. The van der Waals surface area contributed by atoms with E-state index in [0.717, 1.165) is 38.1 Å². The highest BCUT2D eigenvalue weighted by Crippen LogP contribution is 2.37. The van der Waals surface area contributed by atoms with Crippen LogP contribution in [0.4, 0.5) is 0 Å². The lowest BCUT2D eigenvalue weighted by atomic mass is 9.69. The van der Waals surface area contributed by atoms with Crippen LogP contribution in [0, 0.1) is 17.3 Å². The summed E-state index contributed by atoms with van der Waals surface area (Å²) in [5, 5.41) is 3.79. The maximum Gasteiger partial charge on any atom is 0.0489 e. The molecule has 2 nitrogen and oxygen atoms in total. The second-order valence-corrected chi connectivity index (χ2v) is 7.64. The molecule has 1 fully saturated rings. The van der Waals surface area contributed by atoms with Crippen molar-refractivity contribution in [2.45, 2.75) is 72.8 Å². The lowest BCUT2D eigenvalue weighted by Gasteiger charge is -2.41. The van der Waals surface area contributed by atoms with Gasteiger partial charge in [0.15, 0.2) is 0 Å². The standard InChI is InChI=1S/C17H35NO/c1-14(2)13-19-12-8-11-18-16-10-7-6-9-15(16)17(3,4)5/h14-16,18H,6-13H2,1-5H3. The predicted octanol–water partition coefficient (Wildman–Crippen LogP) is 4.24. The Bertz CT molecular complexity index is 232. The molecule has 114 valence electrons. The van der Waals surface area contributed by atoms with Gasteiger partial charge in [0.1, 0.15) is 0 Å². The molecule has 1 aliphatic carbocycles. The quantitative estimate of drug-likeness (QED) is 0.698. The van der Waals surface area contributed by atoms with E-state index in [1.165, 1.54) is 25.7 Å². The molecule has 0 aromatic carbocycles. The molecule has 0 saturated heterocycles. The molecule has 1 rings (SSSR count). The first kappa shape index (κ1) is 17.0. The molecule has 2 unspecified atom stereocenters. The zero-order valence-electron chi connectivity index (χ0n) is 13.8. The zero-order chi connectivity index (χ0) is 14.3. The lowest BCUT2D eigenvalue weighted by molar-refractivity contribution is 0.101. The van der Waals surface area contributed by atoms with Crippen LogP contribution in [0.2, 0.25) is 0 Å². The van der Waals surface area contributed by atoms with Gasteiger partial charge in [-0.2, -0.15) is 0 Å². The molecule has 0 aliphatic heterocycles. The largest absolute Gasteiger partial charge is 0.381 e. The van der Waals surface area contributed by atoms with Crippen molar-refractivity contribution in [1.29, 1.82) is 0 Å². The molecule has 2 atom stereocenters. The molecule has 0 aromatic heterocycles. The fraction of sp³-hybridized carbons (Fsp3) is 1.00. The number of rotatable bonds is 7. The molecule has 0 amide bonds. The van der Waals surface area contributed by atoms with E-state index in [1.807, 2.05) is 0 Å². The van der Waals surface area contributed by atoms with Crippen LogP contribution in [0.15, 0.2) is 0 Å². The molecule has 2 heteroatoms. The van der Waals surface area contributed by atoms with E-state index in [4.69, 9.17) is 4.74 Å². The molecule has 0 aromatic rings. The molecule has 0 radical (unpaired) electrons. The average molecular weight is 269 g/mol. The van der Waals surface area contributed by atoms with Gasteiger partial charge in [-0.05, 0) is 43.1 Å². The summed E-state index contributed by atoms with van der Waals surface area (Å²) in [7, 11) is 0. The van der Waals surface area contributed by atoms with Gasteiger partial charge in [-0.3, -0.25) is 0 Å². The summed E-state index contributed by atoms with van der Waals surface area (Å²) in [6.07, 6.45) is 6.70. The number of hydrogen-bond donors (Lipinski definition) is 1. The smallest absolute Gasteiger partial charge is 0.0489 e. The van der Waals surface area contributed by atoms with Gasteiger partial charge in [0, 0.05) is 19.3 Å². The van der Waals surface area contributed by atoms with E-state index in [1.54, 1.807) is 0 Å². The summed E-state index contributed by atoms with van der Waals surface area (Å²) < 4.78 is 5.64. The lowest BCUT2D eigenvalue weighted by Crippen LogP contribution is -2.44. The summed E-state index contributed by atoms with van der Waals surface area (Å²) >= 11 is 0. The van der Waals surface area contributed by atoms with Crippen molar-refractivity contribution in [1.82, 2.24) is 5.32 Å². The van der Waals surface area contributed by atoms with Crippen LogP contribution in [0.25, 0.3) is 0 Å². The van der Waals surface area contributed by atoms with Gasteiger partial charge in [-0.15, -0.1) is 0 Å². The van der Waals surface area contributed by atoms with Gasteiger partial charge < -0.3 is 10.1 Å². The number of nitrogens with one attached hydrogen (secondary N) is 1. The topological polar surface area (TPSA) is 21.3 Å². The maximum atomic E-state index is 5.64. The molecule has 19 heavy (non-hydrogen) atoms. The Kier molecular flexibility index (Phi) is 7.38. The minimum atomic E-state index is 0.437. The van der Waals surface area contributed by atoms with Crippen molar-refractivity contribution in [3.8, 4) is 0 Å². The van der Waals surface area contributed by atoms with Crippen LogP contribution in [-0.2, 0) is 4.74 Å². The monoisotopic (exact) mass is 269 g/mol. The third-order valence-corrected chi connectivity index (χ3v) is 4.20. The minimum absolute atomic E-state index is 0.437. The van der Waals surface area contributed by atoms with Crippen molar-refractivity contribution in [3.63, 3.8) is 0 Å². The Morgan fingerprint density at radius 2 is 1.84 bits per heavy atom. The SMILES string of the molecule is CC(C)COCCCNC1CCCCC1C(C)(C)C. The minimum Gasteiger partial charge on any atom is -0.381 e. The van der Waals surface area contributed by atoms with Gasteiger partial charge in [0.25, 0.3) is 0 Å². The molecule has 0 heterocycles. The van der Waals surface area contributed by atoms with Gasteiger partial charge in [0.2, 0.25) is 0 Å². The van der Waals surface area contributed by atoms with E-state index >= 15 is 0 Å². The summed E-state index contributed by atoms with van der Waals surface area (Å²) in [5.74, 6) is 1.48. The Morgan fingerprint density at radius 3 is 2.47 bits per heavy atom. The Balaban J connectivity index is 2.19. The van der Waals surface area contributed by atoms with Crippen LogP contribution >= 0.6 is 0 Å². The molecule has 1 saturated carbocycles.